The lowest BCUT2D eigenvalue weighted by Gasteiger charge is -2.11. The highest BCUT2D eigenvalue weighted by molar-refractivity contribution is 6.48. The molecule has 0 atom stereocenters. The van der Waals surface area contributed by atoms with Gasteiger partial charge in [0.2, 0.25) is 0 Å². The van der Waals surface area contributed by atoms with Gasteiger partial charge in [0, 0.05) is 23.2 Å². The zero-order valence-electron chi connectivity index (χ0n) is 14.6. The van der Waals surface area contributed by atoms with E-state index in [1.165, 1.54) is 27.5 Å². The maximum atomic E-state index is 12.6. The molecular weight excluding hydrogens is 336 g/mol. The SMILES string of the molecule is COc1ccc(NC(=O)C(=O)c2c[nH]c3ccc(OC)cc23)c(OC)c1. The molecule has 0 aliphatic rings. The van der Waals surface area contributed by atoms with E-state index in [-0.39, 0.29) is 5.56 Å². The van der Waals surface area contributed by atoms with Crippen molar-refractivity contribution in [3.05, 3.63) is 48.2 Å². The van der Waals surface area contributed by atoms with Crippen LogP contribution in [0.4, 0.5) is 5.69 Å². The minimum Gasteiger partial charge on any atom is -0.497 e. The van der Waals surface area contributed by atoms with Crippen LogP contribution < -0.4 is 19.5 Å². The van der Waals surface area contributed by atoms with E-state index in [2.05, 4.69) is 10.3 Å². The number of ether oxygens (including phenoxy) is 3. The first-order valence-electron chi connectivity index (χ1n) is 7.80. The van der Waals surface area contributed by atoms with Gasteiger partial charge >= 0.3 is 0 Å². The van der Waals surface area contributed by atoms with Crippen LogP contribution >= 0.6 is 0 Å². The maximum Gasteiger partial charge on any atom is 0.296 e. The lowest BCUT2D eigenvalue weighted by molar-refractivity contribution is -0.112. The van der Waals surface area contributed by atoms with Gasteiger partial charge in [-0.2, -0.15) is 0 Å². The van der Waals surface area contributed by atoms with Crippen molar-refractivity contribution < 1.29 is 23.8 Å². The fraction of sp³-hybridized carbons (Fsp3) is 0.158. The third kappa shape index (κ3) is 3.19. The third-order valence-electron chi connectivity index (χ3n) is 4.00. The summed E-state index contributed by atoms with van der Waals surface area (Å²) < 4.78 is 15.5. The normalized spacial score (nSPS) is 10.4. The Hall–Kier alpha value is -3.48. The molecule has 0 bridgehead atoms. The van der Waals surface area contributed by atoms with Crippen molar-refractivity contribution in [1.29, 1.82) is 0 Å². The lowest BCUT2D eigenvalue weighted by Crippen LogP contribution is -2.23. The van der Waals surface area contributed by atoms with Crippen molar-refractivity contribution in [2.24, 2.45) is 0 Å². The number of hydrogen-bond acceptors (Lipinski definition) is 5. The summed E-state index contributed by atoms with van der Waals surface area (Å²) in [5.41, 5.74) is 1.39. The van der Waals surface area contributed by atoms with Gasteiger partial charge < -0.3 is 24.5 Å². The zero-order valence-corrected chi connectivity index (χ0v) is 14.6. The number of rotatable bonds is 6. The van der Waals surface area contributed by atoms with Gasteiger partial charge in [0.1, 0.15) is 17.2 Å². The number of benzene rings is 2. The highest BCUT2D eigenvalue weighted by Gasteiger charge is 2.21. The van der Waals surface area contributed by atoms with Crippen molar-refractivity contribution in [3.8, 4) is 17.2 Å². The van der Waals surface area contributed by atoms with E-state index in [0.29, 0.717) is 28.3 Å². The van der Waals surface area contributed by atoms with Crippen LogP contribution in [0.15, 0.2) is 42.6 Å². The van der Waals surface area contributed by atoms with Crippen LogP contribution in [-0.2, 0) is 4.79 Å². The Morgan fingerprint density at radius 2 is 1.62 bits per heavy atom. The highest BCUT2D eigenvalue weighted by Crippen LogP contribution is 2.29. The Kier molecular flexibility index (Phi) is 4.79. The number of carbonyl (C=O) groups is 2. The molecule has 2 aromatic carbocycles. The van der Waals surface area contributed by atoms with Crippen LogP contribution in [0.2, 0.25) is 0 Å². The second-order valence-corrected chi connectivity index (χ2v) is 5.46. The number of amides is 1. The number of aromatic amines is 1. The van der Waals surface area contributed by atoms with E-state index in [1.807, 2.05) is 0 Å². The van der Waals surface area contributed by atoms with Gasteiger partial charge in [-0.3, -0.25) is 9.59 Å². The molecule has 134 valence electrons. The highest BCUT2D eigenvalue weighted by atomic mass is 16.5. The number of anilines is 1. The standard InChI is InChI=1S/C19H18N2O5/c1-24-11-4-6-15-13(8-11)14(10-20-15)18(22)19(23)21-16-7-5-12(25-2)9-17(16)26-3/h4-10,20H,1-3H3,(H,21,23). The molecular formula is C19H18N2O5. The molecule has 1 aromatic heterocycles. The molecule has 1 heterocycles. The molecule has 0 saturated heterocycles. The quantitative estimate of drug-likeness (QED) is 0.525. The zero-order chi connectivity index (χ0) is 18.7. The molecule has 1 amide bonds. The molecule has 3 aromatic rings. The van der Waals surface area contributed by atoms with Crippen LogP contribution in [0, 0.1) is 0 Å². The number of nitrogens with one attached hydrogen (secondary N) is 2. The van der Waals surface area contributed by atoms with Gasteiger partial charge in [-0.05, 0) is 30.3 Å². The molecule has 0 spiro atoms. The number of Topliss-reactive ketones (excluding diaryl/α,β-unsaturated/α-hetero) is 1. The molecule has 7 heteroatoms. The largest absolute Gasteiger partial charge is 0.497 e. The summed E-state index contributed by atoms with van der Waals surface area (Å²) in [5.74, 6) is 0.143. The average molecular weight is 354 g/mol. The van der Waals surface area contributed by atoms with Crippen LogP contribution in [0.3, 0.4) is 0 Å². The molecule has 0 fully saturated rings. The van der Waals surface area contributed by atoms with Crippen molar-refractivity contribution >= 4 is 28.3 Å². The molecule has 0 aliphatic heterocycles. The molecule has 0 saturated carbocycles. The van der Waals surface area contributed by atoms with E-state index in [0.717, 1.165) is 5.52 Å². The van der Waals surface area contributed by atoms with Crippen molar-refractivity contribution in [2.45, 2.75) is 0 Å². The number of methoxy groups -OCH3 is 3. The van der Waals surface area contributed by atoms with Crippen LogP contribution in [-0.4, -0.2) is 38.0 Å². The van der Waals surface area contributed by atoms with E-state index >= 15 is 0 Å². The lowest BCUT2D eigenvalue weighted by atomic mass is 10.1. The molecule has 0 aliphatic carbocycles. The average Bonchev–Trinajstić information content (AvgIpc) is 3.10. The van der Waals surface area contributed by atoms with Gasteiger partial charge in [0.15, 0.2) is 0 Å². The van der Waals surface area contributed by atoms with E-state index in [9.17, 15) is 9.59 Å². The Morgan fingerprint density at radius 3 is 2.31 bits per heavy atom. The molecule has 7 nitrogen and oxygen atoms in total. The second kappa shape index (κ2) is 7.18. The number of carbonyl (C=O) groups excluding carboxylic acids is 2. The van der Waals surface area contributed by atoms with Crippen molar-refractivity contribution in [3.63, 3.8) is 0 Å². The van der Waals surface area contributed by atoms with Crippen LogP contribution in [0.25, 0.3) is 10.9 Å². The summed E-state index contributed by atoms with van der Waals surface area (Å²) in [5, 5.41) is 3.20. The molecule has 0 unspecified atom stereocenters. The summed E-state index contributed by atoms with van der Waals surface area (Å²) in [7, 11) is 4.54. The molecule has 26 heavy (non-hydrogen) atoms. The first-order chi connectivity index (χ1) is 12.6. The number of aromatic nitrogens is 1. The van der Waals surface area contributed by atoms with Crippen LogP contribution in [0.5, 0.6) is 17.2 Å². The van der Waals surface area contributed by atoms with Gasteiger partial charge in [-0.1, -0.05) is 0 Å². The fourth-order valence-corrected chi connectivity index (χ4v) is 2.62. The Labute approximate surface area is 149 Å². The molecule has 3 rings (SSSR count). The number of ketones is 1. The summed E-state index contributed by atoms with van der Waals surface area (Å²) in [4.78, 5) is 28.0. The summed E-state index contributed by atoms with van der Waals surface area (Å²) in [6.45, 7) is 0. The number of H-pyrrole nitrogens is 1. The Bertz CT molecular complexity index is 977. The summed E-state index contributed by atoms with van der Waals surface area (Å²) in [6.07, 6.45) is 1.51. The monoisotopic (exact) mass is 354 g/mol. The molecule has 2 N–H and O–H groups in total. The number of fused-ring (bicyclic) bond motifs is 1. The Morgan fingerprint density at radius 1 is 0.923 bits per heavy atom. The minimum atomic E-state index is -0.766. The van der Waals surface area contributed by atoms with Crippen molar-refractivity contribution in [2.75, 3.05) is 26.6 Å². The van der Waals surface area contributed by atoms with Gasteiger partial charge in [0.25, 0.3) is 11.7 Å². The van der Waals surface area contributed by atoms with Crippen LogP contribution in [0.1, 0.15) is 10.4 Å². The fourth-order valence-electron chi connectivity index (χ4n) is 2.62. The third-order valence-corrected chi connectivity index (χ3v) is 4.00. The predicted molar refractivity (Wildman–Crippen MR) is 97.4 cm³/mol. The van der Waals surface area contributed by atoms with E-state index in [4.69, 9.17) is 14.2 Å². The topological polar surface area (TPSA) is 89.7 Å². The summed E-state index contributed by atoms with van der Waals surface area (Å²) >= 11 is 0. The maximum absolute atomic E-state index is 12.6. The molecule has 0 radical (unpaired) electrons. The number of hydrogen-bond donors (Lipinski definition) is 2. The van der Waals surface area contributed by atoms with Crippen molar-refractivity contribution in [1.82, 2.24) is 4.98 Å². The Balaban J connectivity index is 1.88. The van der Waals surface area contributed by atoms with E-state index < -0.39 is 11.7 Å². The summed E-state index contributed by atoms with van der Waals surface area (Å²) in [6, 6.07) is 10.2. The minimum absolute atomic E-state index is 0.267. The smallest absolute Gasteiger partial charge is 0.296 e. The van der Waals surface area contributed by atoms with Gasteiger partial charge in [0.05, 0.1) is 32.6 Å². The van der Waals surface area contributed by atoms with Gasteiger partial charge in [-0.25, -0.2) is 0 Å². The second-order valence-electron chi connectivity index (χ2n) is 5.46. The first kappa shape index (κ1) is 17.3. The predicted octanol–water partition coefficient (Wildman–Crippen LogP) is 3.02. The van der Waals surface area contributed by atoms with E-state index in [1.54, 1.807) is 36.4 Å². The first-order valence-corrected chi connectivity index (χ1v) is 7.80. The van der Waals surface area contributed by atoms with Gasteiger partial charge in [-0.15, -0.1) is 0 Å².